The number of ether oxygens (including phenoxy) is 1. The van der Waals surface area contributed by atoms with Gasteiger partial charge in [-0.05, 0) is 12.1 Å². The largest absolute Gasteiger partial charge is 0.379 e. The molecule has 1 aliphatic rings. The minimum Gasteiger partial charge on any atom is -0.379 e. The van der Waals surface area contributed by atoms with E-state index in [1.807, 2.05) is 30.3 Å². The summed E-state index contributed by atoms with van der Waals surface area (Å²) in [6.45, 7) is 0.607. The molecule has 0 aliphatic carbocycles. The van der Waals surface area contributed by atoms with Crippen molar-refractivity contribution in [3.8, 4) is 0 Å². The van der Waals surface area contributed by atoms with Crippen LogP contribution in [0, 0.1) is 5.92 Å². The van der Waals surface area contributed by atoms with Crippen molar-refractivity contribution >= 4 is 26.8 Å². The highest BCUT2D eigenvalue weighted by Crippen LogP contribution is 2.18. The zero-order valence-electron chi connectivity index (χ0n) is 14.2. The van der Waals surface area contributed by atoms with Gasteiger partial charge in [0.1, 0.15) is 5.69 Å². The smallest absolute Gasteiger partial charge is 0.270 e. The molecule has 1 aromatic carbocycles. The molecule has 1 amide bonds. The van der Waals surface area contributed by atoms with Crippen molar-refractivity contribution in [2.24, 2.45) is 5.92 Å². The molecule has 0 spiro atoms. The number of hydrogen-bond donors (Lipinski definition) is 1. The van der Waals surface area contributed by atoms with Crippen LogP contribution in [0.1, 0.15) is 10.5 Å². The lowest BCUT2D eigenvalue weighted by Crippen LogP contribution is -2.43. The van der Waals surface area contributed by atoms with Crippen molar-refractivity contribution in [2.45, 2.75) is 6.04 Å². The molecule has 1 saturated heterocycles. The summed E-state index contributed by atoms with van der Waals surface area (Å²) in [7, 11) is -0.362. The summed E-state index contributed by atoms with van der Waals surface area (Å²) in [6.07, 6.45) is 0. The van der Waals surface area contributed by atoms with Crippen molar-refractivity contribution in [1.29, 1.82) is 0 Å². The normalized spacial score (nSPS) is 20.9. The summed E-state index contributed by atoms with van der Waals surface area (Å²) >= 11 is 0. The SMILES string of the molecule is CN(C)S(=O)(=O)CC1COCC1NC(=O)c1ccc2ccccc2n1. The van der Waals surface area contributed by atoms with Gasteiger partial charge in [0.15, 0.2) is 0 Å². The first-order valence-corrected chi connectivity index (χ1v) is 9.62. The van der Waals surface area contributed by atoms with Gasteiger partial charge in [-0.25, -0.2) is 17.7 Å². The Bertz CT molecular complexity index is 882. The number of sulfonamides is 1. The molecule has 2 aromatic rings. The molecule has 1 aliphatic heterocycles. The number of para-hydroxylation sites is 1. The Morgan fingerprint density at radius 3 is 2.76 bits per heavy atom. The van der Waals surface area contributed by atoms with Gasteiger partial charge >= 0.3 is 0 Å². The van der Waals surface area contributed by atoms with Gasteiger partial charge in [0, 0.05) is 25.4 Å². The maximum absolute atomic E-state index is 12.5. The predicted octanol–water partition coefficient (Wildman–Crippen LogP) is 0.871. The molecule has 2 unspecified atom stereocenters. The van der Waals surface area contributed by atoms with Gasteiger partial charge in [-0.15, -0.1) is 0 Å². The van der Waals surface area contributed by atoms with Crippen molar-refractivity contribution in [3.05, 3.63) is 42.1 Å². The first-order chi connectivity index (χ1) is 11.9. The number of nitrogens with one attached hydrogen (secondary N) is 1. The second-order valence-corrected chi connectivity index (χ2v) is 8.56. The number of fused-ring (bicyclic) bond motifs is 1. The first kappa shape index (κ1) is 17.8. The summed E-state index contributed by atoms with van der Waals surface area (Å²) in [5, 5.41) is 3.82. The van der Waals surface area contributed by atoms with E-state index in [9.17, 15) is 13.2 Å². The van der Waals surface area contributed by atoms with Crippen LogP contribution in [0.2, 0.25) is 0 Å². The molecule has 25 heavy (non-hydrogen) atoms. The number of carbonyl (C=O) groups is 1. The number of nitrogens with zero attached hydrogens (tertiary/aromatic N) is 2. The average molecular weight is 363 g/mol. The summed E-state index contributed by atoms with van der Waals surface area (Å²) in [4.78, 5) is 16.9. The second kappa shape index (κ2) is 7.07. The maximum atomic E-state index is 12.5. The minimum atomic E-state index is -3.36. The van der Waals surface area contributed by atoms with E-state index < -0.39 is 10.0 Å². The quantitative estimate of drug-likeness (QED) is 0.852. The zero-order chi connectivity index (χ0) is 18.0. The molecule has 2 atom stereocenters. The molecule has 3 rings (SSSR count). The van der Waals surface area contributed by atoms with Crippen LogP contribution < -0.4 is 5.32 Å². The van der Waals surface area contributed by atoms with Crippen molar-refractivity contribution in [3.63, 3.8) is 0 Å². The Labute approximate surface area is 147 Å². The number of carbonyl (C=O) groups excluding carboxylic acids is 1. The van der Waals surface area contributed by atoms with Gasteiger partial charge in [0.2, 0.25) is 10.0 Å². The lowest BCUT2D eigenvalue weighted by atomic mass is 10.1. The van der Waals surface area contributed by atoms with Crippen LogP contribution in [0.25, 0.3) is 10.9 Å². The lowest BCUT2D eigenvalue weighted by Gasteiger charge is -2.20. The summed E-state index contributed by atoms with van der Waals surface area (Å²) in [6, 6.07) is 10.7. The fraction of sp³-hybridized carbons (Fsp3) is 0.412. The third kappa shape index (κ3) is 3.97. The van der Waals surface area contributed by atoms with Gasteiger partial charge < -0.3 is 10.1 Å². The van der Waals surface area contributed by atoms with Crippen molar-refractivity contribution < 1.29 is 17.9 Å². The van der Waals surface area contributed by atoms with E-state index in [2.05, 4.69) is 10.3 Å². The highest BCUT2D eigenvalue weighted by atomic mass is 32.2. The van der Waals surface area contributed by atoms with Crippen LogP contribution in [0.5, 0.6) is 0 Å². The standard InChI is InChI=1S/C17H21N3O4S/c1-20(2)25(22,23)11-13-9-24-10-16(13)19-17(21)15-8-7-12-5-3-4-6-14(12)18-15/h3-8,13,16H,9-11H2,1-2H3,(H,19,21). The first-order valence-electron chi connectivity index (χ1n) is 8.01. The van der Waals surface area contributed by atoms with Gasteiger partial charge in [-0.2, -0.15) is 0 Å². The molecule has 0 bridgehead atoms. The van der Waals surface area contributed by atoms with Crippen LogP contribution in [0.4, 0.5) is 0 Å². The molecule has 1 N–H and O–H groups in total. The Morgan fingerprint density at radius 1 is 1.24 bits per heavy atom. The molecule has 1 fully saturated rings. The van der Waals surface area contributed by atoms with Gasteiger partial charge in [0.05, 0.1) is 30.5 Å². The van der Waals surface area contributed by atoms with E-state index >= 15 is 0 Å². The fourth-order valence-corrected chi connectivity index (χ4v) is 3.94. The molecular formula is C17H21N3O4S. The van der Waals surface area contributed by atoms with E-state index in [4.69, 9.17) is 4.74 Å². The van der Waals surface area contributed by atoms with Crippen LogP contribution >= 0.6 is 0 Å². The Morgan fingerprint density at radius 2 is 2.00 bits per heavy atom. The number of pyridine rings is 1. The highest BCUT2D eigenvalue weighted by Gasteiger charge is 2.34. The van der Waals surface area contributed by atoms with Crippen LogP contribution in [-0.4, -0.2) is 62.7 Å². The van der Waals surface area contributed by atoms with E-state index in [0.717, 1.165) is 10.9 Å². The molecule has 0 radical (unpaired) electrons. The van der Waals surface area contributed by atoms with E-state index in [1.54, 1.807) is 6.07 Å². The van der Waals surface area contributed by atoms with Crippen LogP contribution in [0.3, 0.4) is 0 Å². The highest BCUT2D eigenvalue weighted by molar-refractivity contribution is 7.89. The Balaban J connectivity index is 1.72. The molecular weight excluding hydrogens is 342 g/mol. The Kier molecular flexibility index (Phi) is 5.03. The molecule has 1 aromatic heterocycles. The van der Waals surface area contributed by atoms with Crippen LogP contribution in [0.15, 0.2) is 36.4 Å². The van der Waals surface area contributed by atoms with Crippen molar-refractivity contribution in [2.75, 3.05) is 33.1 Å². The summed E-state index contributed by atoms with van der Waals surface area (Å²) in [5.41, 5.74) is 1.05. The molecule has 8 heteroatoms. The average Bonchev–Trinajstić information content (AvgIpc) is 3.00. The van der Waals surface area contributed by atoms with Crippen LogP contribution in [-0.2, 0) is 14.8 Å². The third-order valence-electron chi connectivity index (χ3n) is 4.33. The summed E-state index contributed by atoms with van der Waals surface area (Å²) in [5.74, 6) is -0.666. The number of aromatic nitrogens is 1. The monoisotopic (exact) mass is 363 g/mol. The third-order valence-corrected chi connectivity index (χ3v) is 6.29. The molecule has 0 saturated carbocycles. The minimum absolute atomic E-state index is 0.0594. The zero-order valence-corrected chi connectivity index (χ0v) is 15.0. The molecule has 2 heterocycles. The number of amides is 1. The molecule has 134 valence electrons. The number of hydrogen-bond acceptors (Lipinski definition) is 5. The van der Waals surface area contributed by atoms with E-state index in [0.29, 0.717) is 18.9 Å². The molecule has 7 nitrogen and oxygen atoms in total. The van der Waals surface area contributed by atoms with E-state index in [-0.39, 0.29) is 23.6 Å². The van der Waals surface area contributed by atoms with E-state index in [1.165, 1.54) is 18.4 Å². The lowest BCUT2D eigenvalue weighted by molar-refractivity contribution is 0.0921. The topological polar surface area (TPSA) is 88.6 Å². The van der Waals surface area contributed by atoms with Gasteiger partial charge in [-0.3, -0.25) is 4.79 Å². The fourth-order valence-electron chi connectivity index (χ4n) is 2.78. The Hall–Kier alpha value is -2.03. The number of rotatable bonds is 5. The summed E-state index contributed by atoms with van der Waals surface area (Å²) < 4.78 is 30.7. The number of benzene rings is 1. The van der Waals surface area contributed by atoms with Crippen molar-refractivity contribution in [1.82, 2.24) is 14.6 Å². The van der Waals surface area contributed by atoms with Gasteiger partial charge in [-0.1, -0.05) is 24.3 Å². The van der Waals surface area contributed by atoms with Gasteiger partial charge in [0.25, 0.3) is 5.91 Å². The predicted molar refractivity (Wildman–Crippen MR) is 94.8 cm³/mol. The maximum Gasteiger partial charge on any atom is 0.270 e. The second-order valence-electron chi connectivity index (χ2n) is 6.33.